The first-order chi connectivity index (χ1) is 17.8. The predicted octanol–water partition coefficient (Wildman–Crippen LogP) is 5.78. The average molecular weight is 550 g/mol. The van der Waals surface area contributed by atoms with Gasteiger partial charge in [0.05, 0.1) is 20.3 Å². The van der Waals surface area contributed by atoms with Crippen molar-refractivity contribution in [1.29, 1.82) is 0 Å². The molecule has 0 aromatic heterocycles. The summed E-state index contributed by atoms with van der Waals surface area (Å²) in [5.74, 6) is -0.481. The number of methoxy groups -OCH3 is 1. The minimum atomic E-state index is -2.11. The molecule has 7 nitrogen and oxygen atoms in total. The van der Waals surface area contributed by atoms with Gasteiger partial charge < -0.3 is 28.4 Å². The topological polar surface area (TPSA) is 75.3 Å². The van der Waals surface area contributed by atoms with E-state index in [1.165, 1.54) is 0 Å². The summed E-state index contributed by atoms with van der Waals surface area (Å²) in [4.78, 5) is 13.7. The van der Waals surface area contributed by atoms with Gasteiger partial charge in [-0.25, -0.2) is 0 Å². The van der Waals surface area contributed by atoms with Crippen LogP contribution in [0.2, 0.25) is 36.3 Å². The van der Waals surface area contributed by atoms with Gasteiger partial charge in [0.1, 0.15) is 18.0 Å². The third kappa shape index (κ3) is 6.23. The van der Waals surface area contributed by atoms with Crippen LogP contribution in [0.1, 0.15) is 47.1 Å². The van der Waals surface area contributed by atoms with Gasteiger partial charge in [0.15, 0.2) is 16.6 Å². The molecule has 0 saturated carbocycles. The van der Waals surface area contributed by atoms with Gasteiger partial charge in [-0.05, 0) is 60.0 Å². The minimum absolute atomic E-state index is 0.159. The van der Waals surface area contributed by atoms with Crippen molar-refractivity contribution in [2.75, 3.05) is 20.3 Å². The highest BCUT2D eigenvalue weighted by atomic mass is 28.4. The molecule has 1 fully saturated rings. The number of benzene rings is 1. The second-order valence-electron chi connectivity index (χ2n) is 10.1. The molecule has 3 rings (SSSR count). The lowest BCUT2D eigenvalue weighted by molar-refractivity contribution is -0.233. The molecule has 1 heterocycles. The molecule has 1 aliphatic carbocycles. The highest BCUT2D eigenvalue weighted by molar-refractivity contribution is 6.74. The van der Waals surface area contributed by atoms with Crippen molar-refractivity contribution in [3.8, 4) is 5.75 Å². The summed E-state index contributed by atoms with van der Waals surface area (Å²) in [6.45, 7) is 14.5. The monoisotopic (exact) mass is 549 g/mol. The zero-order chi connectivity index (χ0) is 27.1. The molecular weight excluding hydrogens is 502 g/mol. The summed E-state index contributed by atoms with van der Waals surface area (Å²) in [5.41, 5.74) is 1.56. The maximum absolute atomic E-state index is 13.7. The summed E-state index contributed by atoms with van der Waals surface area (Å²) in [6.07, 6.45) is 0.868. The van der Waals surface area contributed by atoms with E-state index < -0.39 is 34.6 Å². The molecule has 1 aromatic rings. The van der Waals surface area contributed by atoms with E-state index in [0.717, 1.165) is 47.6 Å². The standard InChI is InChI=1S/C28H47NO6Si2/c1-8-36(9-2,10-3)34-25-20-24(27(30)29-21-22-14-16-23(31-7)17-15-22)26(28(25)32-18-19-33-28)35-37(11-4,12-5)13-6/h14-17,20,25-26H,8-13,18-19,21H2,1-7H3,(H,29,30)/t25-,26+/m0/s1. The van der Waals surface area contributed by atoms with Gasteiger partial charge in [0, 0.05) is 12.1 Å². The van der Waals surface area contributed by atoms with Crippen LogP contribution in [0, 0.1) is 0 Å². The fourth-order valence-electron chi connectivity index (χ4n) is 5.50. The summed E-state index contributed by atoms with van der Waals surface area (Å²) in [5, 5.41) is 3.11. The molecule has 1 spiro atoms. The summed E-state index contributed by atoms with van der Waals surface area (Å²) in [7, 11) is -2.50. The Labute approximate surface area is 225 Å². The third-order valence-electron chi connectivity index (χ3n) is 8.60. The SMILES string of the molecule is CC[Si](CC)(CC)O[C@H]1C=C(C(=O)NCc2ccc(OC)cc2)[C@@H](O[Si](CC)(CC)CC)C12OCCO2. The van der Waals surface area contributed by atoms with Crippen LogP contribution in [0.3, 0.4) is 0 Å². The molecule has 0 radical (unpaired) electrons. The third-order valence-corrected chi connectivity index (χ3v) is 17.8. The molecule has 1 saturated heterocycles. The predicted molar refractivity (Wildman–Crippen MR) is 152 cm³/mol. The number of nitrogens with one attached hydrogen (secondary N) is 1. The van der Waals surface area contributed by atoms with Gasteiger partial charge in [0.2, 0.25) is 11.7 Å². The van der Waals surface area contributed by atoms with E-state index in [2.05, 4.69) is 46.9 Å². The molecule has 0 bridgehead atoms. The first kappa shape index (κ1) is 30.1. The summed E-state index contributed by atoms with van der Waals surface area (Å²) >= 11 is 0. The van der Waals surface area contributed by atoms with E-state index in [1.807, 2.05) is 30.3 Å². The largest absolute Gasteiger partial charge is 0.497 e. The Morgan fingerprint density at radius 1 is 0.892 bits per heavy atom. The van der Waals surface area contributed by atoms with Crippen LogP contribution in [-0.4, -0.2) is 60.9 Å². The number of hydrogen-bond donors (Lipinski definition) is 1. The maximum atomic E-state index is 13.7. The first-order valence-corrected chi connectivity index (χ1v) is 19.1. The van der Waals surface area contributed by atoms with Crippen LogP contribution in [0.5, 0.6) is 5.75 Å². The Morgan fingerprint density at radius 2 is 1.41 bits per heavy atom. The van der Waals surface area contributed by atoms with Crippen LogP contribution in [0.15, 0.2) is 35.9 Å². The highest BCUT2D eigenvalue weighted by Crippen LogP contribution is 2.45. The Balaban J connectivity index is 1.96. The van der Waals surface area contributed by atoms with Crippen molar-refractivity contribution in [3.63, 3.8) is 0 Å². The molecule has 2 aliphatic rings. The summed E-state index contributed by atoms with van der Waals surface area (Å²) in [6, 6.07) is 13.6. The molecule has 208 valence electrons. The normalized spacial score (nSPS) is 21.3. The van der Waals surface area contributed by atoms with Gasteiger partial charge >= 0.3 is 0 Å². The van der Waals surface area contributed by atoms with Crippen molar-refractivity contribution < 1.29 is 27.9 Å². The van der Waals surface area contributed by atoms with E-state index in [0.29, 0.717) is 25.3 Å². The van der Waals surface area contributed by atoms with Gasteiger partial charge in [-0.2, -0.15) is 0 Å². The maximum Gasteiger partial charge on any atom is 0.250 e. The van der Waals surface area contributed by atoms with E-state index in [4.69, 9.17) is 23.1 Å². The molecule has 1 amide bonds. The van der Waals surface area contributed by atoms with Crippen molar-refractivity contribution in [1.82, 2.24) is 5.32 Å². The van der Waals surface area contributed by atoms with Crippen LogP contribution in [0.25, 0.3) is 0 Å². The number of rotatable bonds is 14. The van der Waals surface area contributed by atoms with Gasteiger partial charge in [-0.1, -0.05) is 53.7 Å². The van der Waals surface area contributed by atoms with Crippen LogP contribution >= 0.6 is 0 Å². The Kier molecular flexibility index (Phi) is 10.6. The molecule has 0 unspecified atom stereocenters. The molecule has 9 heteroatoms. The lowest BCUT2D eigenvalue weighted by atomic mass is 10.1. The molecular formula is C28H47NO6Si2. The number of hydrogen-bond acceptors (Lipinski definition) is 6. The Morgan fingerprint density at radius 3 is 1.89 bits per heavy atom. The fraction of sp³-hybridized carbons (Fsp3) is 0.679. The smallest absolute Gasteiger partial charge is 0.250 e. The average Bonchev–Trinajstić information content (AvgIpc) is 3.55. The Hall–Kier alpha value is -1.50. The van der Waals surface area contributed by atoms with Crippen LogP contribution in [-0.2, 0) is 29.7 Å². The highest BCUT2D eigenvalue weighted by Gasteiger charge is 2.61. The fourth-order valence-corrected chi connectivity index (χ4v) is 11.1. The van der Waals surface area contributed by atoms with Crippen LogP contribution in [0.4, 0.5) is 0 Å². The van der Waals surface area contributed by atoms with Crippen molar-refractivity contribution in [2.45, 2.75) is 102 Å². The molecule has 37 heavy (non-hydrogen) atoms. The number of ether oxygens (including phenoxy) is 3. The van der Waals surface area contributed by atoms with E-state index in [1.54, 1.807) is 7.11 Å². The number of amides is 1. The van der Waals surface area contributed by atoms with Crippen molar-refractivity contribution in [3.05, 3.63) is 41.5 Å². The van der Waals surface area contributed by atoms with E-state index in [9.17, 15) is 4.79 Å². The zero-order valence-corrected chi connectivity index (χ0v) is 25.9. The van der Waals surface area contributed by atoms with E-state index >= 15 is 0 Å². The first-order valence-electron chi connectivity index (χ1n) is 14.1. The van der Waals surface area contributed by atoms with Gasteiger partial charge in [0.25, 0.3) is 0 Å². The lowest BCUT2D eigenvalue weighted by Crippen LogP contribution is -2.58. The molecule has 2 atom stereocenters. The minimum Gasteiger partial charge on any atom is -0.497 e. The second-order valence-corrected chi connectivity index (χ2v) is 19.5. The molecule has 1 aliphatic heterocycles. The summed E-state index contributed by atoms with van der Waals surface area (Å²) < 4.78 is 32.0. The van der Waals surface area contributed by atoms with Crippen molar-refractivity contribution >= 4 is 22.5 Å². The quantitative estimate of drug-likeness (QED) is 0.297. The van der Waals surface area contributed by atoms with Gasteiger partial charge in [-0.15, -0.1) is 0 Å². The second kappa shape index (κ2) is 13.0. The van der Waals surface area contributed by atoms with E-state index in [-0.39, 0.29) is 5.91 Å². The molecule has 1 N–H and O–H groups in total. The number of carbonyl (C=O) groups is 1. The number of carbonyl (C=O) groups excluding carboxylic acids is 1. The molecule has 1 aromatic carbocycles. The van der Waals surface area contributed by atoms with Gasteiger partial charge in [-0.3, -0.25) is 4.79 Å². The van der Waals surface area contributed by atoms with Crippen LogP contribution < -0.4 is 10.1 Å². The van der Waals surface area contributed by atoms with Crippen molar-refractivity contribution in [2.24, 2.45) is 0 Å². The zero-order valence-electron chi connectivity index (χ0n) is 23.9. The lowest BCUT2D eigenvalue weighted by Gasteiger charge is -2.43. The Bertz CT molecular complexity index is 891.